The molecule has 1 aromatic carbocycles. The van der Waals surface area contributed by atoms with E-state index in [1.165, 1.54) is 11.3 Å². The summed E-state index contributed by atoms with van der Waals surface area (Å²) >= 11 is 3.08. The fraction of sp³-hybridized carbons (Fsp3) is 0.444. The van der Waals surface area contributed by atoms with E-state index in [4.69, 9.17) is 4.74 Å². The predicted octanol–water partition coefficient (Wildman–Crippen LogP) is 1.99. The number of carbonyl (C=O) groups is 2. The molecule has 0 aliphatic carbocycles. The lowest BCUT2D eigenvalue weighted by molar-refractivity contribution is -0.118. The lowest BCUT2D eigenvalue weighted by Gasteiger charge is -2.28. The topological polar surface area (TPSA) is 96.5 Å². The predicted molar refractivity (Wildman–Crippen MR) is 111 cm³/mol. The number of methoxy groups -OCH3 is 1. The van der Waals surface area contributed by atoms with Crippen LogP contribution in [0.4, 0.5) is 9.93 Å². The number of nitrogens with zero attached hydrogens (tertiary/aromatic N) is 3. The molecule has 1 aliphatic rings. The Balaban J connectivity index is 1.68. The van der Waals surface area contributed by atoms with Crippen LogP contribution in [-0.2, 0) is 22.6 Å². The molecule has 2 N–H and O–H groups in total. The quantitative estimate of drug-likeness (QED) is 0.710. The van der Waals surface area contributed by atoms with Crippen molar-refractivity contribution in [1.29, 1.82) is 0 Å². The van der Waals surface area contributed by atoms with Gasteiger partial charge < -0.3 is 15.0 Å². The molecule has 0 unspecified atom stereocenters. The van der Waals surface area contributed by atoms with Crippen molar-refractivity contribution in [3.05, 3.63) is 40.9 Å². The van der Waals surface area contributed by atoms with E-state index in [2.05, 4.69) is 20.8 Å². The van der Waals surface area contributed by atoms with Crippen LogP contribution in [0.1, 0.15) is 10.6 Å². The molecule has 10 heteroatoms. The Morgan fingerprint density at radius 2 is 1.96 bits per heavy atom. The van der Waals surface area contributed by atoms with Crippen LogP contribution < -0.4 is 10.6 Å². The van der Waals surface area contributed by atoms with Gasteiger partial charge in [0.15, 0.2) is 0 Å². The molecule has 150 valence electrons. The molecule has 0 saturated carbocycles. The van der Waals surface area contributed by atoms with Gasteiger partial charge in [-0.1, -0.05) is 41.7 Å². The first-order valence-electron chi connectivity index (χ1n) is 8.95. The second-order valence-corrected chi connectivity index (χ2v) is 8.50. The highest BCUT2D eigenvalue weighted by molar-refractivity contribution is 7.99. The Morgan fingerprint density at radius 3 is 2.68 bits per heavy atom. The third-order valence-electron chi connectivity index (χ3n) is 4.16. The van der Waals surface area contributed by atoms with Crippen LogP contribution in [0.2, 0.25) is 0 Å². The summed E-state index contributed by atoms with van der Waals surface area (Å²) in [5, 5.41) is 14.6. The Hall–Kier alpha value is -2.17. The Bertz CT molecular complexity index is 781. The lowest BCUT2D eigenvalue weighted by atomic mass is 10.1. The molecule has 2 aromatic rings. The Kier molecular flexibility index (Phi) is 7.63. The first-order valence-corrected chi connectivity index (χ1v) is 10.9. The molecule has 3 rings (SSSR count). The summed E-state index contributed by atoms with van der Waals surface area (Å²) in [6.07, 6.45) is 0.394. The average Bonchev–Trinajstić information content (AvgIpc) is 3.16. The van der Waals surface area contributed by atoms with E-state index >= 15 is 0 Å². The van der Waals surface area contributed by atoms with Crippen LogP contribution in [-0.4, -0.2) is 64.8 Å². The number of urea groups is 1. The van der Waals surface area contributed by atoms with Crippen molar-refractivity contribution in [3.63, 3.8) is 0 Å². The third kappa shape index (κ3) is 5.91. The van der Waals surface area contributed by atoms with Crippen LogP contribution in [0, 0.1) is 0 Å². The van der Waals surface area contributed by atoms with Crippen molar-refractivity contribution in [2.24, 2.45) is 0 Å². The van der Waals surface area contributed by atoms with Gasteiger partial charge in [0.25, 0.3) is 0 Å². The number of anilines is 1. The molecular formula is C18H23N5O3S2. The van der Waals surface area contributed by atoms with Gasteiger partial charge in [0.2, 0.25) is 11.0 Å². The summed E-state index contributed by atoms with van der Waals surface area (Å²) < 4.78 is 5.02. The summed E-state index contributed by atoms with van der Waals surface area (Å²) in [4.78, 5) is 27.2. The SMILES string of the molecule is COCc1nnc(NC(=O)[C@@H](Cc2ccccc2)NC(=O)N2CCSCC2)s1. The zero-order valence-corrected chi connectivity index (χ0v) is 17.2. The Labute approximate surface area is 172 Å². The van der Waals surface area contributed by atoms with E-state index in [0.717, 1.165) is 17.1 Å². The normalized spacial score (nSPS) is 15.1. The lowest BCUT2D eigenvalue weighted by Crippen LogP contribution is -2.52. The van der Waals surface area contributed by atoms with Gasteiger partial charge in [0, 0.05) is 38.1 Å². The molecule has 1 aliphatic heterocycles. The first-order chi connectivity index (χ1) is 13.7. The zero-order valence-electron chi connectivity index (χ0n) is 15.6. The summed E-state index contributed by atoms with van der Waals surface area (Å²) in [5.74, 6) is 1.51. The van der Waals surface area contributed by atoms with Gasteiger partial charge in [0.05, 0.1) is 0 Å². The van der Waals surface area contributed by atoms with Gasteiger partial charge in [-0.3, -0.25) is 10.1 Å². The van der Waals surface area contributed by atoms with Gasteiger partial charge in [-0.05, 0) is 5.56 Å². The molecule has 0 spiro atoms. The number of hydrogen-bond donors (Lipinski definition) is 2. The molecule has 1 aromatic heterocycles. The van der Waals surface area contributed by atoms with Crippen LogP contribution in [0.15, 0.2) is 30.3 Å². The van der Waals surface area contributed by atoms with E-state index in [0.29, 0.717) is 36.3 Å². The summed E-state index contributed by atoms with van der Waals surface area (Å²) in [7, 11) is 1.57. The number of ether oxygens (including phenoxy) is 1. The highest BCUT2D eigenvalue weighted by Gasteiger charge is 2.26. The van der Waals surface area contributed by atoms with Crippen LogP contribution in [0.25, 0.3) is 0 Å². The van der Waals surface area contributed by atoms with E-state index < -0.39 is 6.04 Å². The van der Waals surface area contributed by atoms with Crippen molar-refractivity contribution in [3.8, 4) is 0 Å². The van der Waals surface area contributed by atoms with Crippen molar-refractivity contribution < 1.29 is 14.3 Å². The number of carbonyl (C=O) groups excluding carboxylic acids is 2. The van der Waals surface area contributed by atoms with Gasteiger partial charge in [-0.2, -0.15) is 11.8 Å². The summed E-state index contributed by atoms with van der Waals surface area (Å²) in [5.41, 5.74) is 0.967. The fourth-order valence-electron chi connectivity index (χ4n) is 2.74. The molecule has 2 heterocycles. The number of amides is 3. The first kappa shape index (κ1) is 20.6. The van der Waals surface area contributed by atoms with Gasteiger partial charge in [0.1, 0.15) is 17.7 Å². The fourth-order valence-corrected chi connectivity index (χ4v) is 4.36. The van der Waals surface area contributed by atoms with Crippen molar-refractivity contribution >= 4 is 40.2 Å². The minimum Gasteiger partial charge on any atom is -0.377 e. The van der Waals surface area contributed by atoms with E-state index in [-0.39, 0.29) is 11.9 Å². The molecule has 3 amide bonds. The number of hydrogen-bond acceptors (Lipinski definition) is 7. The highest BCUT2D eigenvalue weighted by Crippen LogP contribution is 2.17. The molecule has 1 saturated heterocycles. The van der Waals surface area contributed by atoms with Gasteiger partial charge >= 0.3 is 6.03 Å². The average molecular weight is 422 g/mol. The smallest absolute Gasteiger partial charge is 0.318 e. The van der Waals surface area contributed by atoms with Crippen molar-refractivity contribution in [2.45, 2.75) is 19.1 Å². The minimum atomic E-state index is -0.709. The molecule has 0 bridgehead atoms. The molecular weight excluding hydrogens is 398 g/mol. The molecule has 1 atom stereocenters. The molecule has 1 fully saturated rings. The summed E-state index contributed by atoms with van der Waals surface area (Å²) in [6.45, 7) is 1.71. The zero-order chi connectivity index (χ0) is 19.8. The minimum absolute atomic E-state index is 0.214. The number of benzene rings is 1. The largest absolute Gasteiger partial charge is 0.377 e. The van der Waals surface area contributed by atoms with E-state index in [1.807, 2.05) is 42.1 Å². The summed E-state index contributed by atoms with van der Waals surface area (Å²) in [6, 6.07) is 8.69. The number of aromatic nitrogens is 2. The second-order valence-electron chi connectivity index (χ2n) is 6.21. The Morgan fingerprint density at radius 1 is 1.21 bits per heavy atom. The molecule has 28 heavy (non-hydrogen) atoms. The van der Waals surface area contributed by atoms with Crippen LogP contribution in [0.3, 0.4) is 0 Å². The maximum Gasteiger partial charge on any atom is 0.318 e. The number of thioether (sulfide) groups is 1. The number of nitrogens with one attached hydrogen (secondary N) is 2. The van der Waals surface area contributed by atoms with Crippen LogP contribution >= 0.6 is 23.1 Å². The molecule has 0 radical (unpaired) electrons. The van der Waals surface area contributed by atoms with Crippen molar-refractivity contribution in [1.82, 2.24) is 20.4 Å². The van der Waals surface area contributed by atoms with Crippen LogP contribution in [0.5, 0.6) is 0 Å². The van der Waals surface area contributed by atoms with E-state index in [1.54, 1.807) is 12.0 Å². The van der Waals surface area contributed by atoms with Gasteiger partial charge in [-0.25, -0.2) is 4.79 Å². The number of rotatable bonds is 7. The standard InChI is InChI=1S/C18H23N5O3S2/c1-26-12-15-21-22-17(28-15)20-16(24)14(11-13-5-3-2-4-6-13)19-18(25)23-7-9-27-10-8-23/h2-6,14H,7-12H2,1H3,(H,19,25)(H,20,22,24)/t14-/m1/s1. The highest BCUT2D eigenvalue weighted by atomic mass is 32.2. The van der Waals surface area contributed by atoms with Gasteiger partial charge in [-0.15, -0.1) is 10.2 Å². The maximum absolute atomic E-state index is 12.9. The maximum atomic E-state index is 12.9. The molecule has 8 nitrogen and oxygen atoms in total. The van der Waals surface area contributed by atoms with Crippen molar-refractivity contribution in [2.75, 3.05) is 37.0 Å². The third-order valence-corrected chi connectivity index (χ3v) is 5.91. The van der Waals surface area contributed by atoms with E-state index in [9.17, 15) is 9.59 Å². The second kappa shape index (κ2) is 10.4. The monoisotopic (exact) mass is 421 g/mol.